The Morgan fingerprint density at radius 1 is 1.40 bits per heavy atom. The quantitative estimate of drug-likeness (QED) is 0.521. The molecule has 1 aliphatic rings. The maximum Gasteiger partial charge on any atom is 0.269 e. The van der Waals surface area contributed by atoms with Crippen molar-refractivity contribution in [3.05, 3.63) is 33.9 Å². The molecule has 0 amide bonds. The summed E-state index contributed by atoms with van der Waals surface area (Å²) in [5.74, 6) is 0. The van der Waals surface area contributed by atoms with Crippen LogP contribution in [0.25, 0.3) is 0 Å². The lowest BCUT2D eigenvalue weighted by molar-refractivity contribution is -0.384. The lowest BCUT2D eigenvalue weighted by atomic mass is 9.78. The number of nitrogens with zero attached hydrogens (tertiary/aromatic N) is 2. The van der Waals surface area contributed by atoms with E-state index in [0.717, 1.165) is 18.7 Å². The minimum atomic E-state index is -0.368. The smallest absolute Gasteiger partial charge is 0.269 e. The first-order valence-electron chi connectivity index (χ1n) is 7.19. The first-order valence-corrected chi connectivity index (χ1v) is 7.19. The summed E-state index contributed by atoms with van der Waals surface area (Å²) < 4.78 is 0. The summed E-state index contributed by atoms with van der Waals surface area (Å²) in [6, 6.07) is 4.69. The van der Waals surface area contributed by atoms with E-state index in [1.165, 1.54) is 25.3 Å². The fraction of sp³-hybridized carbons (Fsp3) is 0.600. The van der Waals surface area contributed by atoms with Crippen LogP contribution in [-0.2, 0) is 6.54 Å². The van der Waals surface area contributed by atoms with Crippen molar-refractivity contribution in [1.29, 1.82) is 0 Å². The molecule has 0 spiro atoms. The van der Waals surface area contributed by atoms with Crippen molar-refractivity contribution in [1.82, 2.24) is 4.90 Å². The van der Waals surface area contributed by atoms with E-state index in [-0.39, 0.29) is 10.6 Å². The van der Waals surface area contributed by atoms with Gasteiger partial charge in [0.15, 0.2) is 0 Å². The highest BCUT2D eigenvalue weighted by Gasteiger charge is 2.28. The Hall–Kier alpha value is -1.62. The summed E-state index contributed by atoms with van der Waals surface area (Å²) in [6.45, 7) is 7.35. The second-order valence-corrected chi connectivity index (χ2v) is 6.08. The van der Waals surface area contributed by atoms with Crippen LogP contribution in [0.4, 0.5) is 11.4 Å². The number of likely N-dealkylation sites (tertiary alicyclic amines) is 1. The fourth-order valence-electron chi connectivity index (χ4n) is 2.69. The Morgan fingerprint density at radius 2 is 2.05 bits per heavy atom. The molecule has 1 fully saturated rings. The third-order valence-corrected chi connectivity index (χ3v) is 4.65. The molecule has 5 nitrogen and oxygen atoms in total. The highest BCUT2D eigenvalue weighted by Crippen LogP contribution is 2.34. The third-order valence-electron chi connectivity index (χ3n) is 4.65. The number of benzene rings is 1. The molecule has 0 aromatic heterocycles. The maximum atomic E-state index is 10.8. The van der Waals surface area contributed by atoms with E-state index in [2.05, 4.69) is 18.7 Å². The molecule has 0 aliphatic carbocycles. The highest BCUT2D eigenvalue weighted by molar-refractivity contribution is 5.52. The van der Waals surface area contributed by atoms with Gasteiger partial charge >= 0.3 is 0 Å². The Bertz CT molecular complexity index is 494. The van der Waals surface area contributed by atoms with E-state index in [0.29, 0.717) is 17.6 Å². The largest absolute Gasteiger partial charge is 0.398 e. The van der Waals surface area contributed by atoms with E-state index in [4.69, 9.17) is 5.73 Å². The van der Waals surface area contributed by atoms with Crippen molar-refractivity contribution < 1.29 is 4.92 Å². The monoisotopic (exact) mass is 277 g/mol. The van der Waals surface area contributed by atoms with Crippen LogP contribution >= 0.6 is 0 Å². The summed E-state index contributed by atoms with van der Waals surface area (Å²) in [5.41, 5.74) is 8.00. The molecule has 1 aliphatic heterocycles. The summed E-state index contributed by atoms with van der Waals surface area (Å²) in [5, 5.41) is 10.8. The van der Waals surface area contributed by atoms with Crippen molar-refractivity contribution in [3.8, 4) is 0 Å². The van der Waals surface area contributed by atoms with Gasteiger partial charge in [0, 0.05) is 24.4 Å². The lowest BCUT2D eigenvalue weighted by Crippen LogP contribution is -2.38. The number of hydrogen-bond donors (Lipinski definition) is 1. The molecule has 1 saturated heterocycles. The van der Waals surface area contributed by atoms with Crippen LogP contribution in [0.2, 0.25) is 0 Å². The molecule has 0 saturated carbocycles. The minimum absolute atomic E-state index is 0.115. The van der Waals surface area contributed by atoms with Gasteiger partial charge in [-0.3, -0.25) is 15.0 Å². The predicted molar refractivity (Wildman–Crippen MR) is 80.4 cm³/mol. The Kier molecular flexibility index (Phi) is 4.28. The molecule has 1 aromatic rings. The Balaban J connectivity index is 2.04. The van der Waals surface area contributed by atoms with Crippen LogP contribution in [0.3, 0.4) is 0 Å². The lowest BCUT2D eigenvalue weighted by Gasteiger charge is -2.39. The first-order chi connectivity index (χ1) is 9.43. The van der Waals surface area contributed by atoms with Gasteiger partial charge < -0.3 is 5.73 Å². The number of piperidine rings is 1. The highest BCUT2D eigenvalue weighted by atomic mass is 16.6. The molecule has 0 bridgehead atoms. The summed E-state index contributed by atoms with van der Waals surface area (Å²) in [7, 11) is 0. The van der Waals surface area contributed by atoms with E-state index >= 15 is 0 Å². The molecular weight excluding hydrogens is 254 g/mol. The normalized spacial score (nSPS) is 18.9. The SMILES string of the molecule is CCC1(C)CCN(Cc2cc([N+](=O)[O-])ccc2N)CC1. The number of anilines is 1. The zero-order chi connectivity index (χ0) is 14.8. The Labute approximate surface area is 119 Å². The van der Waals surface area contributed by atoms with Gasteiger partial charge in [-0.15, -0.1) is 0 Å². The van der Waals surface area contributed by atoms with Gasteiger partial charge in [-0.25, -0.2) is 0 Å². The van der Waals surface area contributed by atoms with Crippen molar-refractivity contribution in [2.24, 2.45) is 5.41 Å². The van der Waals surface area contributed by atoms with Gasteiger partial charge in [-0.1, -0.05) is 20.3 Å². The number of nitro groups is 1. The minimum Gasteiger partial charge on any atom is -0.398 e. The van der Waals surface area contributed by atoms with Crippen molar-refractivity contribution in [3.63, 3.8) is 0 Å². The Morgan fingerprint density at radius 3 is 2.60 bits per heavy atom. The fourth-order valence-corrected chi connectivity index (χ4v) is 2.69. The molecular formula is C15H23N3O2. The molecule has 0 atom stereocenters. The van der Waals surface area contributed by atoms with Crippen LogP contribution in [0, 0.1) is 15.5 Å². The topological polar surface area (TPSA) is 72.4 Å². The van der Waals surface area contributed by atoms with Crippen LogP contribution in [-0.4, -0.2) is 22.9 Å². The van der Waals surface area contributed by atoms with Gasteiger partial charge in [0.25, 0.3) is 5.69 Å². The molecule has 5 heteroatoms. The standard InChI is InChI=1S/C15H23N3O2/c1-3-15(2)6-8-17(9-7-15)11-12-10-13(18(19)20)4-5-14(12)16/h4-5,10H,3,6-9,11,16H2,1-2H3. The molecule has 0 radical (unpaired) electrons. The third kappa shape index (κ3) is 3.28. The molecule has 1 aromatic carbocycles. The van der Waals surface area contributed by atoms with Gasteiger partial charge in [-0.2, -0.15) is 0 Å². The molecule has 1 heterocycles. The van der Waals surface area contributed by atoms with Crippen LogP contribution in [0.15, 0.2) is 18.2 Å². The second-order valence-electron chi connectivity index (χ2n) is 6.08. The number of nitrogen functional groups attached to an aromatic ring is 1. The van der Waals surface area contributed by atoms with Gasteiger partial charge in [0.05, 0.1) is 4.92 Å². The van der Waals surface area contributed by atoms with Crippen molar-refractivity contribution in [2.45, 2.75) is 39.7 Å². The molecule has 2 N–H and O–H groups in total. The van der Waals surface area contributed by atoms with Gasteiger partial charge in [0.2, 0.25) is 0 Å². The van der Waals surface area contributed by atoms with Crippen molar-refractivity contribution >= 4 is 11.4 Å². The summed E-state index contributed by atoms with van der Waals surface area (Å²) in [6.07, 6.45) is 3.57. The van der Waals surface area contributed by atoms with Gasteiger partial charge in [-0.05, 0) is 43.0 Å². The van der Waals surface area contributed by atoms with E-state index in [1.54, 1.807) is 12.1 Å². The first kappa shape index (κ1) is 14.8. The summed E-state index contributed by atoms with van der Waals surface area (Å²) in [4.78, 5) is 12.8. The van der Waals surface area contributed by atoms with Crippen LogP contribution in [0.5, 0.6) is 0 Å². The van der Waals surface area contributed by atoms with Gasteiger partial charge in [0.1, 0.15) is 0 Å². The average molecular weight is 277 g/mol. The summed E-state index contributed by atoms with van der Waals surface area (Å²) >= 11 is 0. The number of rotatable bonds is 4. The average Bonchev–Trinajstić information content (AvgIpc) is 2.43. The zero-order valence-electron chi connectivity index (χ0n) is 12.3. The van der Waals surface area contributed by atoms with Crippen molar-refractivity contribution in [2.75, 3.05) is 18.8 Å². The van der Waals surface area contributed by atoms with E-state index in [1.807, 2.05) is 0 Å². The number of non-ortho nitro benzene ring substituents is 1. The number of hydrogen-bond acceptors (Lipinski definition) is 4. The predicted octanol–water partition coefficient (Wildman–Crippen LogP) is 3.19. The number of nitrogens with two attached hydrogens (primary N) is 1. The van der Waals surface area contributed by atoms with E-state index < -0.39 is 0 Å². The number of nitro benzene ring substituents is 1. The molecule has 0 unspecified atom stereocenters. The van der Waals surface area contributed by atoms with Crippen LogP contribution in [0.1, 0.15) is 38.7 Å². The zero-order valence-corrected chi connectivity index (χ0v) is 12.3. The van der Waals surface area contributed by atoms with Crippen LogP contribution < -0.4 is 5.73 Å². The second kappa shape index (κ2) is 5.79. The van der Waals surface area contributed by atoms with E-state index in [9.17, 15) is 10.1 Å². The molecule has 2 rings (SSSR count). The molecule has 20 heavy (non-hydrogen) atoms. The maximum absolute atomic E-state index is 10.8. The molecule has 110 valence electrons.